The minimum atomic E-state index is -2.14. The third kappa shape index (κ3) is 1.88. The zero-order chi connectivity index (χ0) is 8.27. The number of methoxy groups -OCH3 is 1. The molecule has 11 heavy (non-hydrogen) atoms. The summed E-state index contributed by atoms with van der Waals surface area (Å²) in [5.41, 5.74) is 0. The number of rotatable bonds is 2. The van der Waals surface area contributed by atoms with Gasteiger partial charge in [-0.1, -0.05) is 0 Å². The molecule has 0 spiro atoms. The number of hydrogen-bond acceptors (Lipinski definition) is 3. The van der Waals surface area contributed by atoms with E-state index < -0.39 is 10.7 Å². The molecule has 0 N–H and O–H groups in total. The van der Waals surface area contributed by atoms with E-state index in [1.165, 1.54) is 19.2 Å². The highest BCUT2D eigenvalue weighted by atomic mass is 32.2. The second-order valence-corrected chi connectivity index (χ2v) is 2.85. The summed E-state index contributed by atoms with van der Waals surface area (Å²) in [7, 11) is -0.614. The Kier molecular flexibility index (Phi) is 2.38. The van der Waals surface area contributed by atoms with Crippen molar-refractivity contribution in [3.63, 3.8) is 0 Å². The van der Waals surface area contributed by atoms with Gasteiger partial charge < -0.3 is 4.74 Å². The summed E-state index contributed by atoms with van der Waals surface area (Å²) < 4.78 is 25.6. The Morgan fingerprint density at radius 2 is 1.73 bits per heavy atom. The van der Waals surface area contributed by atoms with Crippen molar-refractivity contribution in [2.75, 3.05) is 7.11 Å². The van der Waals surface area contributed by atoms with Crippen LogP contribution in [0.2, 0.25) is 0 Å². The highest BCUT2D eigenvalue weighted by Crippen LogP contribution is 2.11. The summed E-state index contributed by atoms with van der Waals surface area (Å²) in [6.45, 7) is 0. The maximum atomic E-state index is 10.4. The highest BCUT2D eigenvalue weighted by Gasteiger charge is 1.95. The van der Waals surface area contributed by atoms with Crippen LogP contribution in [0.5, 0.6) is 5.75 Å². The van der Waals surface area contributed by atoms with Crippen LogP contribution in [0.15, 0.2) is 29.2 Å². The Labute approximate surface area is 66.6 Å². The fourth-order valence-corrected chi connectivity index (χ4v) is 1.05. The molecule has 0 saturated heterocycles. The normalized spacial score (nSPS) is 9.18. The Morgan fingerprint density at radius 3 is 2.09 bits per heavy atom. The van der Waals surface area contributed by atoms with Crippen LogP contribution in [-0.2, 0) is 10.7 Å². The maximum Gasteiger partial charge on any atom is 0.221 e. The van der Waals surface area contributed by atoms with Gasteiger partial charge >= 0.3 is 0 Å². The molecule has 1 aromatic rings. The number of benzene rings is 1. The standard InChI is InChI=1S/C7H7O3S/c1-10-6-2-4-7(5-3-6)11(8)9/h2-5H,1H3. The molecule has 0 heterocycles. The third-order valence-electron chi connectivity index (χ3n) is 1.25. The predicted molar refractivity (Wildman–Crippen MR) is 40.2 cm³/mol. The number of hydrogen-bond donors (Lipinski definition) is 0. The summed E-state index contributed by atoms with van der Waals surface area (Å²) in [4.78, 5) is 0.269. The molecule has 59 valence electrons. The Bertz CT molecular complexity index is 292. The van der Waals surface area contributed by atoms with Crippen molar-refractivity contribution in [3.8, 4) is 5.75 Å². The number of ether oxygens (including phenoxy) is 1. The lowest BCUT2D eigenvalue weighted by molar-refractivity contribution is 0.414. The summed E-state index contributed by atoms with van der Waals surface area (Å²) >= 11 is 0. The Hall–Kier alpha value is -1.16. The molecule has 0 aromatic heterocycles. The molecule has 1 aromatic carbocycles. The molecule has 0 fully saturated rings. The SMILES string of the molecule is COc1ccc([S](=O)=O)cc1. The predicted octanol–water partition coefficient (Wildman–Crippen LogP) is 0.933. The first-order valence-electron chi connectivity index (χ1n) is 2.97. The quantitative estimate of drug-likeness (QED) is 0.665. The van der Waals surface area contributed by atoms with E-state index in [0.717, 1.165) is 0 Å². The van der Waals surface area contributed by atoms with Crippen LogP contribution in [0, 0.1) is 0 Å². The lowest BCUT2D eigenvalue weighted by Gasteiger charge is -1.96. The largest absolute Gasteiger partial charge is 0.497 e. The lowest BCUT2D eigenvalue weighted by atomic mass is 10.3. The second kappa shape index (κ2) is 3.30. The summed E-state index contributed by atoms with van der Waals surface area (Å²) in [6, 6.07) is 6.18. The minimum Gasteiger partial charge on any atom is -0.497 e. The van der Waals surface area contributed by atoms with Gasteiger partial charge in [0.1, 0.15) is 5.75 Å². The summed E-state index contributed by atoms with van der Waals surface area (Å²) in [5.74, 6) is 0.652. The van der Waals surface area contributed by atoms with Crippen LogP contribution in [0.4, 0.5) is 0 Å². The first-order chi connectivity index (χ1) is 5.24. The molecule has 0 amide bonds. The van der Waals surface area contributed by atoms with Crippen molar-refractivity contribution in [2.24, 2.45) is 0 Å². The van der Waals surface area contributed by atoms with Gasteiger partial charge in [-0.15, -0.1) is 0 Å². The summed E-state index contributed by atoms with van der Waals surface area (Å²) in [5, 5.41) is 0. The van der Waals surface area contributed by atoms with Gasteiger partial charge in [-0.2, -0.15) is 8.42 Å². The molecule has 0 aliphatic rings. The zero-order valence-corrected chi connectivity index (χ0v) is 6.76. The molecule has 0 unspecified atom stereocenters. The average Bonchev–Trinajstić information content (AvgIpc) is 2.05. The van der Waals surface area contributed by atoms with Crippen LogP contribution in [0.1, 0.15) is 0 Å². The Morgan fingerprint density at radius 1 is 1.18 bits per heavy atom. The van der Waals surface area contributed by atoms with Gasteiger partial charge in [0.2, 0.25) is 10.7 Å². The lowest BCUT2D eigenvalue weighted by Crippen LogP contribution is -1.83. The molecule has 1 rings (SSSR count). The fourth-order valence-electron chi connectivity index (χ4n) is 0.687. The first-order valence-corrected chi connectivity index (χ1v) is 4.05. The highest BCUT2D eigenvalue weighted by molar-refractivity contribution is 7.72. The van der Waals surface area contributed by atoms with E-state index in [1.807, 2.05) is 0 Å². The van der Waals surface area contributed by atoms with Crippen molar-refractivity contribution in [1.29, 1.82) is 0 Å². The topological polar surface area (TPSA) is 43.4 Å². The van der Waals surface area contributed by atoms with Crippen LogP contribution < -0.4 is 4.74 Å². The van der Waals surface area contributed by atoms with E-state index in [4.69, 9.17) is 4.74 Å². The molecule has 4 heteroatoms. The first kappa shape index (κ1) is 7.94. The van der Waals surface area contributed by atoms with Gasteiger partial charge in [0.15, 0.2) is 0 Å². The molecule has 0 aliphatic carbocycles. The van der Waals surface area contributed by atoms with Crippen molar-refractivity contribution >= 4 is 10.7 Å². The van der Waals surface area contributed by atoms with Crippen molar-refractivity contribution < 1.29 is 13.2 Å². The van der Waals surface area contributed by atoms with Crippen molar-refractivity contribution in [3.05, 3.63) is 24.3 Å². The van der Waals surface area contributed by atoms with E-state index in [-0.39, 0.29) is 4.90 Å². The smallest absolute Gasteiger partial charge is 0.221 e. The van der Waals surface area contributed by atoms with Crippen LogP contribution in [0.25, 0.3) is 0 Å². The fraction of sp³-hybridized carbons (Fsp3) is 0.143. The molecule has 0 saturated carbocycles. The molecule has 0 atom stereocenters. The van der Waals surface area contributed by atoms with Gasteiger partial charge in [0, 0.05) is 0 Å². The minimum absolute atomic E-state index is 0.269. The van der Waals surface area contributed by atoms with E-state index >= 15 is 0 Å². The second-order valence-electron chi connectivity index (χ2n) is 1.91. The Balaban J connectivity index is 3.01. The molecular weight excluding hydrogens is 164 g/mol. The maximum absolute atomic E-state index is 10.4. The van der Waals surface area contributed by atoms with E-state index in [9.17, 15) is 8.42 Å². The van der Waals surface area contributed by atoms with E-state index in [1.54, 1.807) is 12.1 Å². The zero-order valence-electron chi connectivity index (χ0n) is 5.94. The van der Waals surface area contributed by atoms with E-state index in [2.05, 4.69) is 0 Å². The van der Waals surface area contributed by atoms with Gasteiger partial charge in [-0.3, -0.25) is 0 Å². The molecule has 3 nitrogen and oxygen atoms in total. The van der Waals surface area contributed by atoms with Gasteiger partial charge in [-0.05, 0) is 24.3 Å². The van der Waals surface area contributed by atoms with Crippen molar-refractivity contribution in [2.45, 2.75) is 4.90 Å². The molecule has 0 aliphatic heterocycles. The molecular formula is C7H7O3S. The van der Waals surface area contributed by atoms with Gasteiger partial charge in [0.05, 0.1) is 12.0 Å². The summed E-state index contributed by atoms with van der Waals surface area (Å²) in [6.07, 6.45) is 0. The monoisotopic (exact) mass is 171 g/mol. The van der Waals surface area contributed by atoms with Gasteiger partial charge in [-0.25, -0.2) is 0 Å². The van der Waals surface area contributed by atoms with Crippen molar-refractivity contribution in [1.82, 2.24) is 0 Å². The molecule has 1 radical (unpaired) electrons. The van der Waals surface area contributed by atoms with Crippen LogP contribution in [0.3, 0.4) is 0 Å². The molecule has 0 bridgehead atoms. The van der Waals surface area contributed by atoms with Gasteiger partial charge in [0.25, 0.3) is 0 Å². The van der Waals surface area contributed by atoms with Crippen LogP contribution in [-0.4, -0.2) is 15.5 Å². The average molecular weight is 171 g/mol. The third-order valence-corrected chi connectivity index (χ3v) is 1.91. The van der Waals surface area contributed by atoms with Crippen LogP contribution >= 0.6 is 0 Å². The van der Waals surface area contributed by atoms with E-state index in [0.29, 0.717) is 5.75 Å².